The molecule has 6 nitrogen and oxygen atoms in total. The topological polar surface area (TPSA) is 86.7 Å². The van der Waals surface area contributed by atoms with E-state index in [0.29, 0.717) is 37.9 Å². The van der Waals surface area contributed by atoms with Gasteiger partial charge in [-0.25, -0.2) is 0 Å². The van der Waals surface area contributed by atoms with Crippen molar-refractivity contribution < 1.29 is 19.5 Å². The maximum atomic E-state index is 12.3. The second-order valence-corrected chi connectivity index (χ2v) is 6.93. The molecule has 2 N–H and O–H groups in total. The van der Waals surface area contributed by atoms with E-state index < -0.39 is 5.97 Å². The molecular weight excluding hydrogens is 328 g/mol. The molecule has 0 aromatic carbocycles. The fourth-order valence-corrected chi connectivity index (χ4v) is 3.59. The molecule has 1 aliphatic rings. The monoisotopic (exact) mass is 352 g/mol. The molecule has 1 saturated heterocycles. The molecule has 7 heteroatoms. The number of piperidine rings is 1. The van der Waals surface area contributed by atoms with Crippen molar-refractivity contribution in [3.8, 4) is 0 Å². The van der Waals surface area contributed by atoms with Gasteiger partial charge in [-0.3, -0.25) is 14.4 Å². The summed E-state index contributed by atoms with van der Waals surface area (Å²) >= 11 is 1.48. The average Bonchev–Trinajstić information content (AvgIpc) is 3.11. The molecule has 1 atom stereocenters. The van der Waals surface area contributed by atoms with Crippen LogP contribution in [0.1, 0.15) is 48.9 Å². The second-order valence-electron chi connectivity index (χ2n) is 6.15. The van der Waals surface area contributed by atoms with E-state index in [4.69, 9.17) is 5.11 Å². The molecule has 0 radical (unpaired) electrons. The average molecular weight is 352 g/mol. The largest absolute Gasteiger partial charge is 0.481 e. The SMILES string of the molecule is O=C(O)CCC1CCCN(C(=O)CCCNC(=O)c2ccsc2)C1. The third-order valence-electron chi connectivity index (χ3n) is 4.27. The molecule has 1 aromatic rings. The van der Waals surface area contributed by atoms with Crippen LogP contribution in [0, 0.1) is 5.92 Å². The minimum Gasteiger partial charge on any atom is -0.481 e. The van der Waals surface area contributed by atoms with Gasteiger partial charge in [0.1, 0.15) is 0 Å². The van der Waals surface area contributed by atoms with Crippen LogP contribution < -0.4 is 5.32 Å². The molecule has 132 valence electrons. The minimum atomic E-state index is -0.778. The summed E-state index contributed by atoms with van der Waals surface area (Å²) in [5, 5.41) is 15.2. The first-order valence-corrected chi connectivity index (χ1v) is 9.30. The van der Waals surface area contributed by atoms with E-state index in [1.807, 2.05) is 10.3 Å². The van der Waals surface area contributed by atoms with Crippen molar-refractivity contribution in [2.45, 2.75) is 38.5 Å². The molecule has 1 fully saturated rings. The normalized spacial score (nSPS) is 17.5. The first-order chi connectivity index (χ1) is 11.6. The lowest BCUT2D eigenvalue weighted by Gasteiger charge is -2.32. The Morgan fingerprint density at radius 3 is 2.88 bits per heavy atom. The van der Waals surface area contributed by atoms with Crippen LogP contribution in [-0.4, -0.2) is 47.4 Å². The number of thiophene rings is 1. The summed E-state index contributed by atoms with van der Waals surface area (Å²) in [7, 11) is 0. The molecule has 24 heavy (non-hydrogen) atoms. The van der Waals surface area contributed by atoms with Crippen LogP contribution in [0.2, 0.25) is 0 Å². The fraction of sp³-hybridized carbons (Fsp3) is 0.588. The molecule has 2 rings (SSSR count). The van der Waals surface area contributed by atoms with Gasteiger partial charge in [0.25, 0.3) is 5.91 Å². The quantitative estimate of drug-likeness (QED) is 0.703. The summed E-state index contributed by atoms with van der Waals surface area (Å²) in [6.45, 7) is 1.90. The molecule has 0 spiro atoms. The number of likely N-dealkylation sites (tertiary alicyclic amines) is 1. The van der Waals surface area contributed by atoms with Crippen LogP contribution in [0.25, 0.3) is 0 Å². The van der Waals surface area contributed by atoms with Crippen LogP contribution in [0.5, 0.6) is 0 Å². The van der Waals surface area contributed by atoms with Crippen molar-refractivity contribution in [3.05, 3.63) is 22.4 Å². The number of nitrogens with one attached hydrogen (secondary N) is 1. The first kappa shape index (κ1) is 18.4. The Morgan fingerprint density at radius 1 is 1.33 bits per heavy atom. The standard InChI is InChI=1S/C17H24N2O4S/c20-15(4-1-8-18-17(23)14-7-10-24-12-14)19-9-2-3-13(11-19)5-6-16(21)22/h7,10,12-13H,1-6,8-9,11H2,(H,18,23)(H,21,22). The van der Waals surface area contributed by atoms with Gasteiger partial charge in [-0.05, 0) is 43.0 Å². The highest BCUT2D eigenvalue weighted by atomic mass is 32.1. The maximum absolute atomic E-state index is 12.3. The highest BCUT2D eigenvalue weighted by Crippen LogP contribution is 2.21. The Kier molecular flexibility index (Phi) is 7.24. The molecule has 0 saturated carbocycles. The number of hydrogen-bond donors (Lipinski definition) is 2. The number of carboxylic acids is 1. The van der Waals surface area contributed by atoms with E-state index in [1.54, 1.807) is 11.4 Å². The molecule has 2 amide bonds. The van der Waals surface area contributed by atoms with Crippen LogP contribution in [-0.2, 0) is 9.59 Å². The lowest BCUT2D eigenvalue weighted by atomic mass is 9.93. The number of carbonyl (C=O) groups is 3. The number of hydrogen-bond acceptors (Lipinski definition) is 4. The summed E-state index contributed by atoms with van der Waals surface area (Å²) in [4.78, 5) is 36.5. The predicted octanol–water partition coefficient (Wildman–Crippen LogP) is 2.36. The molecular formula is C17H24N2O4S. The van der Waals surface area contributed by atoms with Crippen LogP contribution in [0.15, 0.2) is 16.8 Å². The fourth-order valence-electron chi connectivity index (χ4n) is 2.95. The maximum Gasteiger partial charge on any atom is 0.303 e. The lowest BCUT2D eigenvalue weighted by molar-refractivity contribution is -0.137. The van der Waals surface area contributed by atoms with Gasteiger partial charge < -0.3 is 15.3 Å². The smallest absolute Gasteiger partial charge is 0.303 e. The van der Waals surface area contributed by atoms with E-state index in [1.165, 1.54) is 11.3 Å². The van der Waals surface area contributed by atoms with E-state index in [-0.39, 0.29) is 24.2 Å². The van der Waals surface area contributed by atoms with E-state index in [2.05, 4.69) is 5.32 Å². The van der Waals surface area contributed by atoms with Crippen LogP contribution in [0.3, 0.4) is 0 Å². The summed E-state index contributed by atoms with van der Waals surface area (Å²) in [5.74, 6) is -0.493. The van der Waals surface area contributed by atoms with E-state index >= 15 is 0 Å². The van der Waals surface area contributed by atoms with Gasteiger partial charge >= 0.3 is 5.97 Å². The van der Waals surface area contributed by atoms with Crippen molar-refractivity contribution in [3.63, 3.8) is 0 Å². The zero-order chi connectivity index (χ0) is 17.4. The minimum absolute atomic E-state index is 0.0970. The third kappa shape index (κ3) is 5.96. The van der Waals surface area contributed by atoms with Gasteiger partial charge in [-0.1, -0.05) is 0 Å². The molecule has 0 aliphatic carbocycles. The van der Waals surface area contributed by atoms with Crippen molar-refractivity contribution >= 4 is 29.1 Å². The third-order valence-corrected chi connectivity index (χ3v) is 4.96. The Labute approximate surface area is 145 Å². The van der Waals surface area contributed by atoms with Crippen molar-refractivity contribution in [1.29, 1.82) is 0 Å². The zero-order valence-electron chi connectivity index (χ0n) is 13.7. The van der Waals surface area contributed by atoms with Gasteiger partial charge in [-0.15, -0.1) is 0 Å². The van der Waals surface area contributed by atoms with E-state index in [9.17, 15) is 14.4 Å². The van der Waals surface area contributed by atoms with Gasteiger partial charge in [-0.2, -0.15) is 11.3 Å². The Bertz CT molecular complexity index is 559. The number of aliphatic carboxylic acids is 1. The van der Waals surface area contributed by atoms with E-state index in [0.717, 1.165) is 19.4 Å². The van der Waals surface area contributed by atoms with Gasteiger partial charge in [0.15, 0.2) is 0 Å². The summed E-state index contributed by atoms with van der Waals surface area (Å²) in [5.41, 5.74) is 0.656. The number of carbonyl (C=O) groups excluding carboxylic acids is 2. The van der Waals surface area contributed by atoms with Gasteiger partial charge in [0.2, 0.25) is 5.91 Å². The first-order valence-electron chi connectivity index (χ1n) is 8.36. The van der Waals surface area contributed by atoms with Crippen LogP contribution in [0.4, 0.5) is 0 Å². The lowest BCUT2D eigenvalue weighted by Crippen LogP contribution is -2.40. The van der Waals surface area contributed by atoms with Crippen molar-refractivity contribution in [2.24, 2.45) is 5.92 Å². The Hall–Kier alpha value is -1.89. The molecule has 2 heterocycles. The molecule has 1 aromatic heterocycles. The van der Waals surface area contributed by atoms with Crippen LogP contribution >= 0.6 is 11.3 Å². The summed E-state index contributed by atoms with van der Waals surface area (Å²) in [6.07, 6.45) is 3.76. The molecule has 1 unspecified atom stereocenters. The second kappa shape index (κ2) is 9.42. The summed E-state index contributed by atoms with van der Waals surface area (Å²) < 4.78 is 0. The number of rotatable bonds is 8. The Balaban J connectivity index is 1.64. The van der Waals surface area contributed by atoms with Crippen molar-refractivity contribution in [1.82, 2.24) is 10.2 Å². The van der Waals surface area contributed by atoms with Crippen molar-refractivity contribution in [2.75, 3.05) is 19.6 Å². The van der Waals surface area contributed by atoms with Gasteiger partial charge in [0.05, 0.1) is 0 Å². The highest BCUT2D eigenvalue weighted by Gasteiger charge is 2.23. The molecule has 1 aliphatic heterocycles. The summed E-state index contributed by atoms with van der Waals surface area (Å²) in [6, 6.07) is 1.77. The Morgan fingerprint density at radius 2 is 2.17 bits per heavy atom. The number of nitrogens with zero attached hydrogens (tertiary/aromatic N) is 1. The van der Waals surface area contributed by atoms with Gasteiger partial charge in [0, 0.05) is 43.4 Å². The predicted molar refractivity (Wildman–Crippen MR) is 92.1 cm³/mol. The molecule has 0 bridgehead atoms. The highest BCUT2D eigenvalue weighted by molar-refractivity contribution is 7.08. The number of amides is 2. The zero-order valence-corrected chi connectivity index (χ0v) is 14.5. The number of carboxylic acid groups (broad SMARTS) is 1.